The Morgan fingerprint density at radius 3 is 2.42 bits per heavy atom. The molecule has 0 heterocycles. The maximum Gasteiger partial charge on any atom is 0.141 e. The van der Waals surface area contributed by atoms with Gasteiger partial charge in [0, 0.05) is 19.3 Å². The van der Waals surface area contributed by atoms with Gasteiger partial charge in [0.25, 0.3) is 0 Å². The zero-order valence-corrected chi connectivity index (χ0v) is 11.7. The van der Waals surface area contributed by atoms with Crippen LogP contribution in [0.25, 0.3) is 0 Å². The van der Waals surface area contributed by atoms with E-state index in [1.807, 2.05) is 19.2 Å². The van der Waals surface area contributed by atoms with E-state index in [-0.39, 0.29) is 0 Å². The Balaban J connectivity index is 2.07. The molecule has 2 aromatic carbocycles. The van der Waals surface area contributed by atoms with Crippen LogP contribution in [0.2, 0.25) is 0 Å². The molecule has 0 saturated carbocycles. The van der Waals surface area contributed by atoms with Crippen molar-refractivity contribution in [2.24, 2.45) is 0 Å². The number of hydrogen-bond donors (Lipinski definition) is 2. The summed E-state index contributed by atoms with van der Waals surface area (Å²) < 4.78 is 5.35. The van der Waals surface area contributed by atoms with E-state index < -0.39 is 0 Å². The Morgan fingerprint density at radius 1 is 1.05 bits per heavy atom. The third-order valence-electron chi connectivity index (χ3n) is 3.08. The summed E-state index contributed by atoms with van der Waals surface area (Å²) in [5.41, 5.74) is 4.61. The summed E-state index contributed by atoms with van der Waals surface area (Å²) in [6.07, 6.45) is 0. The highest BCUT2D eigenvalue weighted by Crippen LogP contribution is 2.25. The van der Waals surface area contributed by atoms with Crippen LogP contribution >= 0.6 is 0 Å². The van der Waals surface area contributed by atoms with Crippen molar-refractivity contribution in [3.63, 3.8) is 0 Å². The lowest BCUT2D eigenvalue weighted by molar-refractivity contribution is 0.416. The standard InChI is InChI=1S/C16H20N2O/c1-12-4-9-16(19-3)15(10-12)18-11-13-5-7-14(17-2)8-6-13/h4-10,17-18H,11H2,1-3H3. The van der Waals surface area contributed by atoms with Gasteiger partial charge in [-0.15, -0.1) is 0 Å². The number of rotatable bonds is 5. The van der Waals surface area contributed by atoms with Crippen molar-refractivity contribution < 1.29 is 4.74 Å². The number of ether oxygens (including phenoxy) is 1. The van der Waals surface area contributed by atoms with E-state index in [2.05, 4.69) is 47.9 Å². The summed E-state index contributed by atoms with van der Waals surface area (Å²) in [6.45, 7) is 2.86. The molecule has 0 atom stereocenters. The van der Waals surface area contributed by atoms with Gasteiger partial charge in [0.2, 0.25) is 0 Å². The highest BCUT2D eigenvalue weighted by atomic mass is 16.5. The molecule has 0 aromatic heterocycles. The molecule has 100 valence electrons. The van der Waals surface area contributed by atoms with Gasteiger partial charge in [-0.3, -0.25) is 0 Å². The van der Waals surface area contributed by atoms with Crippen LogP contribution < -0.4 is 15.4 Å². The van der Waals surface area contributed by atoms with Crippen molar-refractivity contribution >= 4 is 11.4 Å². The molecule has 0 unspecified atom stereocenters. The largest absolute Gasteiger partial charge is 0.495 e. The molecule has 3 heteroatoms. The molecule has 2 N–H and O–H groups in total. The van der Waals surface area contributed by atoms with Crippen molar-refractivity contribution in [3.05, 3.63) is 53.6 Å². The van der Waals surface area contributed by atoms with Gasteiger partial charge in [0.05, 0.1) is 12.8 Å². The molecule has 2 rings (SSSR count). The average Bonchev–Trinajstić information content (AvgIpc) is 2.46. The lowest BCUT2D eigenvalue weighted by Crippen LogP contribution is -2.02. The van der Waals surface area contributed by atoms with Crippen LogP contribution in [0.15, 0.2) is 42.5 Å². The molecule has 0 saturated heterocycles. The summed E-state index contributed by atoms with van der Waals surface area (Å²) >= 11 is 0. The molecule has 0 aliphatic carbocycles. The van der Waals surface area contributed by atoms with E-state index >= 15 is 0 Å². The van der Waals surface area contributed by atoms with Gasteiger partial charge in [-0.05, 0) is 42.3 Å². The second-order valence-electron chi connectivity index (χ2n) is 4.50. The van der Waals surface area contributed by atoms with Crippen molar-refractivity contribution in [2.75, 3.05) is 24.8 Å². The molecule has 0 radical (unpaired) electrons. The molecular weight excluding hydrogens is 236 g/mol. The SMILES string of the molecule is CNc1ccc(CNc2cc(C)ccc2OC)cc1. The molecule has 0 spiro atoms. The fraction of sp³-hybridized carbons (Fsp3) is 0.250. The minimum absolute atomic E-state index is 0.782. The number of methoxy groups -OCH3 is 1. The first-order valence-corrected chi connectivity index (χ1v) is 6.38. The molecule has 2 aromatic rings. The zero-order chi connectivity index (χ0) is 13.7. The van der Waals surface area contributed by atoms with Gasteiger partial charge in [-0.2, -0.15) is 0 Å². The van der Waals surface area contributed by atoms with E-state index in [0.29, 0.717) is 0 Å². The number of aryl methyl sites for hydroxylation is 1. The quantitative estimate of drug-likeness (QED) is 0.856. The highest BCUT2D eigenvalue weighted by Gasteiger charge is 2.02. The molecule has 0 aliphatic rings. The Hall–Kier alpha value is -2.16. The van der Waals surface area contributed by atoms with E-state index in [1.54, 1.807) is 7.11 Å². The zero-order valence-electron chi connectivity index (χ0n) is 11.7. The molecule has 0 bridgehead atoms. The van der Waals surface area contributed by atoms with Crippen LogP contribution in [0.4, 0.5) is 11.4 Å². The lowest BCUT2D eigenvalue weighted by atomic mass is 10.1. The number of anilines is 2. The predicted molar refractivity (Wildman–Crippen MR) is 81.0 cm³/mol. The van der Waals surface area contributed by atoms with E-state index in [1.165, 1.54) is 11.1 Å². The minimum atomic E-state index is 0.782. The smallest absolute Gasteiger partial charge is 0.141 e. The fourth-order valence-corrected chi connectivity index (χ4v) is 1.95. The van der Waals surface area contributed by atoms with Crippen molar-refractivity contribution in [3.8, 4) is 5.75 Å². The van der Waals surface area contributed by atoms with Gasteiger partial charge in [-0.1, -0.05) is 18.2 Å². The first-order valence-electron chi connectivity index (χ1n) is 6.38. The number of nitrogens with one attached hydrogen (secondary N) is 2. The summed E-state index contributed by atoms with van der Waals surface area (Å²) in [5, 5.41) is 6.53. The Labute approximate surface area is 114 Å². The third kappa shape index (κ3) is 3.41. The first-order chi connectivity index (χ1) is 9.22. The Bertz CT molecular complexity index is 535. The molecule has 19 heavy (non-hydrogen) atoms. The number of hydrogen-bond acceptors (Lipinski definition) is 3. The van der Waals surface area contributed by atoms with Crippen LogP contribution in [0.5, 0.6) is 5.75 Å². The molecule has 0 fully saturated rings. The maximum absolute atomic E-state index is 5.35. The third-order valence-corrected chi connectivity index (χ3v) is 3.08. The van der Waals surface area contributed by atoms with Crippen LogP contribution in [-0.4, -0.2) is 14.2 Å². The topological polar surface area (TPSA) is 33.3 Å². The van der Waals surface area contributed by atoms with Crippen molar-refractivity contribution in [1.29, 1.82) is 0 Å². The van der Waals surface area contributed by atoms with Gasteiger partial charge in [-0.25, -0.2) is 0 Å². The minimum Gasteiger partial charge on any atom is -0.495 e. The average molecular weight is 256 g/mol. The molecule has 0 amide bonds. The maximum atomic E-state index is 5.35. The summed E-state index contributed by atoms with van der Waals surface area (Å²) in [6, 6.07) is 14.5. The van der Waals surface area contributed by atoms with Gasteiger partial charge in [0.15, 0.2) is 0 Å². The van der Waals surface area contributed by atoms with Gasteiger partial charge in [0.1, 0.15) is 5.75 Å². The van der Waals surface area contributed by atoms with Crippen LogP contribution in [0.1, 0.15) is 11.1 Å². The normalized spacial score (nSPS) is 10.1. The predicted octanol–water partition coefficient (Wildman–Crippen LogP) is 3.66. The molecule has 0 aliphatic heterocycles. The highest BCUT2D eigenvalue weighted by molar-refractivity contribution is 5.58. The van der Waals surface area contributed by atoms with E-state index in [9.17, 15) is 0 Å². The van der Waals surface area contributed by atoms with Crippen molar-refractivity contribution in [2.45, 2.75) is 13.5 Å². The summed E-state index contributed by atoms with van der Waals surface area (Å²) in [4.78, 5) is 0. The van der Waals surface area contributed by atoms with Gasteiger partial charge >= 0.3 is 0 Å². The van der Waals surface area contributed by atoms with E-state index in [4.69, 9.17) is 4.74 Å². The van der Waals surface area contributed by atoms with Crippen molar-refractivity contribution in [1.82, 2.24) is 0 Å². The Morgan fingerprint density at radius 2 is 1.79 bits per heavy atom. The number of benzene rings is 2. The lowest BCUT2D eigenvalue weighted by Gasteiger charge is -2.12. The van der Waals surface area contributed by atoms with Crippen LogP contribution in [-0.2, 0) is 6.54 Å². The van der Waals surface area contributed by atoms with E-state index in [0.717, 1.165) is 23.7 Å². The summed E-state index contributed by atoms with van der Waals surface area (Å²) in [5.74, 6) is 0.873. The second-order valence-corrected chi connectivity index (χ2v) is 4.50. The first kappa shape index (κ1) is 13.3. The molecular formula is C16H20N2O. The van der Waals surface area contributed by atoms with Crippen LogP contribution in [0.3, 0.4) is 0 Å². The Kier molecular flexibility index (Phi) is 4.29. The van der Waals surface area contributed by atoms with Crippen LogP contribution in [0, 0.1) is 6.92 Å². The van der Waals surface area contributed by atoms with Gasteiger partial charge < -0.3 is 15.4 Å². The fourth-order valence-electron chi connectivity index (χ4n) is 1.95. The molecule has 3 nitrogen and oxygen atoms in total. The second kappa shape index (κ2) is 6.14. The summed E-state index contributed by atoms with van der Waals surface area (Å²) in [7, 11) is 3.61. The monoisotopic (exact) mass is 256 g/mol.